The highest BCUT2D eigenvalue weighted by Gasteiger charge is 2.33. The van der Waals surface area contributed by atoms with Gasteiger partial charge in [-0.3, -0.25) is 4.79 Å². The molecule has 138 valence electrons. The quantitative estimate of drug-likeness (QED) is 0.759. The van der Waals surface area contributed by atoms with Crippen molar-refractivity contribution in [2.45, 2.75) is 25.7 Å². The molecule has 1 amide bonds. The fourth-order valence-electron chi connectivity index (χ4n) is 2.92. The highest BCUT2D eigenvalue weighted by Crippen LogP contribution is 2.33. The monoisotopic (exact) mass is 367 g/mol. The predicted molar refractivity (Wildman–Crippen MR) is 96.9 cm³/mol. The van der Waals surface area contributed by atoms with Gasteiger partial charge in [0.15, 0.2) is 11.5 Å². The lowest BCUT2D eigenvalue weighted by Crippen LogP contribution is -2.48. The fraction of sp³-hybridized carbons (Fsp3) is 0.190. The zero-order valence-corrected chi connectivity index (χ0v) is 14.6. The summed E-state index contributed by atoms with van der Waals surface area (Å²) in [5.41, 5.74) is 0.767. The zero-order valence-electron chi connectivity index (χ0n) is 14.6. The first-order valence-corrected chi connectivity index (χ1v) is 8.65. The van der Waals surface area contributed by atoms with Crippen LogP contribution in [0.4, 0.5) is 4.39 Å². The number of benzene rings is 2. The summed E-state index contributed by atoms with van der Waals surface area (Å²) in [6.07, 6.45) is -1.15. The number of hydrogen-bond donors (Lipinski definition) is 1. The van der Waals surface area contributed by atoms with E-state index >= 15 is 0 Å². The number of fused-ring (bicyclic) bond motifs is 1. The topological polar surface area (TPSA) is 60.7 Å². The van der Waals surface area contributed by atoms with Crippen molar-refractivity contribution in [1.29, 1.82) is 0 Å². The van der Waals surface area contributed by atoms with Crippen LogP contribution in [0.1, 0.15) is 12.7 Å². The van der Waals surface area contributed by atoms with Crippen LogP contribution < -0.4 is 14.8 Å². The molecule has 4 rings (SSSR count). The summed E-state index contributed by atoms with van der Waals surface area (Å²) in [5, 5.41) is 2.81. The van der Waals surface area contributed by atoms with Crippen LogP contribution in [-0.4, -0.2) is 18.1 Å². The van der Waals surface area contributed by atoms with E-state index in [1.54, 1.807) is 43.3 Å². The minimum atomic E-state index is -0.744. The van der Waals surface area contributed by atoms with E-state index in [4.69, 9.17) is 13.9 Å². The first-order chi connectivity index (χ1) is 13.1. The summed E-state index contributed by atoms with van der Waals surface area (Å²) in [5.74, 6) is 1.79. The molecule has 2 unspecified atom stereocenters. The van der Waals surface area contributed by atoms with Crippen LogP contribution in [0.25, 0.3) is 11.3 Å². The molecule has 0 saturated carbocycles. The van der Waals surface area contributed by atoms with Gasteiger partial charge in [0.2, 0.25) is 6.10 Å². The summed E-state index contributed by atoms with van der Waals surface area (Å²) >= 11 is 0. The number of amides is 1. The van der Waals surface area contributed by atoms with Gasteiger partial charge in [-0.2, -0.15) is 0 Å². The van der Waals surface area contributed by atoms with Crippen LogP contribution in [-0.2, 0) is 11.3 Å². The van der Waals surface area contributed by atoms with E-state index in [1.807, 2.05) is 12.1 Å². The first-order valence-electron chi connectivity index (χ1n) is 8.65. The van der Waals surface area contributed by atoms with Crippen molar-refractivity contribution in [3.05, 3.63) is 72.2 Å². The smallest absolute Gasteiger partial charge is 0.265 e. The Labute approximate surface area is 155 Å². The molecule has 0 fully saturated rings. The second-order valence-electron chi connectivity index (χ2n) is 6.30. The fourth-order valence-corrected chi connectivity index (χ4v) is 2.92. The Balaban J connectivity index is 1.39. The largest absolute Gasteiger partial charge is 0.482 e. The third-order valence-electron chi connectivity index (χ3n) is 4.33. The summed E-state index contributed by atoms with van der Waals surface area (Å²) < 4.78 is 30.3. The van der Waals surface area contributed by atoms with Gasteiger partial charge in [-0.15, -0.1) is 0 Å². The summed E-state index contributed by atoms with van der Waals surface area (Å²) in [6.45, 7) is 2.01. The molecule has 1 aliphatic heterocycles. The summed E-state index contributed by atoms with van der Waals surface area (Å²) in [6, 6.07) is 16.8. The maximum atomic E-state index is 13.0. The Bertz CT molecular complexity index is 951. The van der Waals surface area contributed by atoms with Gasteiger partial charge in [-0.25, -0.2) is 4.39 Å². The van der Waals surface area contributed by atoms with Crippen LogP contribution in [0.15, 0.2) is 65.1 Å². The summed E-state index contributed by atoms with van der Waals surface area (Å²) in [7, 11) is 0. The van der Waals surface area contributed by atoms with Crippen molar-refractivity contribution in [3.63, 3.8) is 0 Å². The number of carbonyl (C=O) groups excluding carboxylic acids is 1. The number of furan rings is 1. The van der Waals surface area contributed by atoms with Crippen molar-refractivity contribution >= 4 is 5.91 Å². The average Bonchev–Trinajstić information content (AvgIpc) is 3.15. The number of para-hydroxylation sites is 2. The standard InChI is InChI=1S/C21H18FNO4/c1-13-20(27-19-5-3-2-4-18(19)25-13)21(24)23-12-16-10-11-17(26-16)14-6-8-15(22)9-7-14/h2-11,13,20H,12H2,1H3,(H,23,24). The first kappa shape index (κ1) is 17.1. The van der Waals surface area contributed by atoms with Gasteiger partial charge in [0.1, 0.15) is 23.4 Å². The Morgan fingerprint density at radius 3 is 2.44 bits per heavy atom. The van der Waals surface area contributed by atoms with Gasteiger partial charge in [-0.1, -0.05) is 12.1 Å². The highest BCUT2D eigenvalue weighted by atomic mass is 19.1. The van der Waals surface area contributed by atoms with Crippen molar-refractivity contribution < 1.29 is 23.1 Å². The molecule has 0 spiro atoms. The van der Waals surface area contributed by atoms with Gasteiger partial charge >= 0.3 is 0 Å². The molecule has 0 aliphatic carbocycles. The lowest BCUT2D eigenvalue weighted by Gasteiger charge is -2.30. The Morgan fingerprint density at radius 2 is 1.70 bits per heavy atom. The Morgan fingerprint density at radius 1 is 1.00 bits per heavy atom. The molecule has 1 aromatic heterocycles. The van der Waals surface area contributed by atoms with E-state index in [0.29, 0.717) is 23.0 Å². The van der Waals surface area contributed by atoms with Crippen molar-refractivity contribution in [2.24, 2.45) is 0 Å². The number of halogens is 1. The molecule has 6 heteroatoms. The molecule has 1 N–H and O–H groups in total. The van der Waals surface area contributed by atoms with Crippen LogP contribution in [0.5, 0.6) is 11.5 Å². The minimum absolute atomic E-state index is 0.217. The van der Waals surface area contributed by atoms with Crippen molar-refractivity contribution in [3.8, 4) is 22.8 Å². The molecule has 2 atom stereocenters. The van der Waals surface area contributed by atoms with Crippen LogP contribution >= 0.6 is 0 Å². The maximum absolute atomic E-state index is 13.0. The molecule has 0 saturated heterocycles. The second kappa shape index (κ2) is 7.15. The molecule has 5 nitrogen and oxygen atoms in total. The molecule has 27 heavy (non-hydrogen) atoms. The molecular weight excluding hydrogens is 349 g/mol. The molecule has 0 bridgehead atoms. The van der Waals surface area contributed by atoms with E-state index in [-0.39, 0.29) is 18.3 Å². The molecule has 1 aliphatic rings. The second-order valence-corrected chi connectivity index (χ2v) is 6.30. The van der Waals surface area contributed by atoms with E-state index in [9.17, 15) is 9.18 Å². The van der Waals surface area contributed by atoms with E-state index in [2.05, 4.69) is 5.32 Å². The minimum Gasteiger partial charge on any atom is -0.482 e. The van der Waals surface area contributed by atoms with Crippen LogP contribution in [0, 0.1) is 5.82 Å². The number of rotatable bonds is 4. The highest BCUT2D eigenvalue weighted by molar-refractivity contribution is 5.82. The molecule has 0 radical (unpaired) electrons. The van der Waals surface area contributed by atoms with Gasteiger partial charge in [0, 0.05) is 5.56 Å². The van der Waals surface area contributed by atoms with E-state index in [0.717, 1.165) is 5.56 Å². The van der Waals surface area contributed by atoms with Crippen molar-refractivity contribution in [1.82, 2.24) is 5.32 Å². The van der Waals surface area contributed by atoms with E-state index in [1.165, 1.54) is 12.1 Å². The Kier molecular flexibility index (Phi) is 4.54. The lowest BCUT2D eigenvalue weighted by atomic mass is 10.1. The normalized spacial score (nSPS) is 18.1. The third-order valence-corrected chi connectivity index (χ3v) is 4.33. The number of carbonyl (C=O) groups is 1. The van der Waals surface area contributed by atoms with Gasteiger partial charge < -0.3 is 19.2 Å². The molecule has 2 heterocycles. The lowest BCUT2D eigenvalue weighted by molar-refractivity contribution is -0.133. The van der Waals surface area contributed by atoms with Gasteiger partial charge in [0.25, 0.3) is 5.91 Å². The molecule has 2 aromatic carbocycles. The number of hydrogen-bond acceptors (Lipinski definition) is 4. The number of nitrogens with one attached hydrogen (secondary N) is 1. The van der Waals surface area contributed by atoms with Crippen molar-refractivity contribution in [2.75, 3.05) is 0 Å². The Hall–Kier alpha value is -3.28. The predicted octanol–water partition coefficient (Wildman–Crippen LogP) is 3.93. The van der Waals surface area contributed by atoms with Crippen LogP contribution in [0.3, 0.4) is 0 Å². The van der Waals surface area contributed by atoms with E-state index < -0.39 is 12.2 Å². The van der Waals surface area contributed by atoms with Gasteiger partial charge in [0.05, 0.1) is 6.54 Å². The zero-order chi connectivity index (χ0) is 18.8. The molecular formula is C21H18FNO4. The van der Waals surface area contributed by atoms with Crippen LogP contribution in [0.2, 0.25) is 0 Å². The molecule has 3 aromatic rings. The average molecular weight is 367 g/mol. The summed E-state index contributed by atoms with van der Waals surface area (Å²) in [4.78, 5) is 12.5. The maximum Gasteiger partial charge on any atom is 0.265 e. The number of ether oxygens (including phenoxy) is 2. The van der Waals surface area contributed by atoms with Gasteiger partial charge in [-0.05, 0) is 55.5 Å². The SMILES string of the molecule is CC1Oc2ccccc2OC1C(=O)NCc1ccc(-c2ccc(F)cc2)o1. The third kappa shape index (κ3) is 3.65.